The second-order valence-corrected chi connectivity index (χ2v) is 5.51. The van der Waals surface area contributed by atoms with Crippen LogP contribution in [0.15, 0.2) is 6.07 Å². The van der Waals surface area contributed by atoms with E-state index in [1.165, 1.54) is 25.7 Å². The summed E-state index contributed by atoms with van der Waals surface area (Å²) in [6, 6.07) is 3.29. The predicted octanol–water partition coefficient (Wildman–Crippen LogP) is 1.71. The van der Waals surface area contributed by atoms with Crippen LogP contribution in [0.5, 0.6) is 0 Å². The van der Waals surface area contributed by atoms with Gasteiger partial charge in [0.05, 0.1) is 0 Å². The summed E-state index contributed by atoms with van der Waals surface area (Å²) in [5.41, 5.74) is 6.80. The molecule has 2 fully saturated rings. The van der Waals surface area contributed by atoms with E-state index in [-0.39, 0.29) is 0 Å². The predicted molar refractivity (Wildman–Crippen MR) is 67.7 cm³/mol. The van der Waals surface area contributed by atoms with Crippen LogP contribution < -0.4 is 5.73 Å². The Hall–Kier alpha value is -1.16. The van der Waals surface area contributed by atoms with E-state index >= 15 is 0 Å². The summed E-state index contributed by atoms with van der Waals surface area (Å²) < 4.78 is 0. The van der Waals surface area contributed by atoms with Crippen molar-refractivity contribution in [3.63, 3.8) is 0 Å². The van der Waals surface area contributed by atoms with E-state index in [1.54, 1.807) is 0 Å². The van der Waals surface area contributed by atoms with Crippen LogP contribution in [0.1, 0.15) is 43.1 Å². The molecule has 2 N–H and O–H groups in total. The maximum atomic E-state index is 5.82. The van der Waals surface area contributed by atoms with E-state index < -0.39 is 0 Å². The summed E-state index contributed by atoms with van der Waals surface area (Å²) in [5.74, 6) is 2.08. The number of anilines is 1. The van der Waals surface area contributed by atoms with Crippen molar-refractivity contribution in [2.45, 2.75) is 50.6 Å². The number of rotatable bonds is 1. The standard InChI is InChI=1S/C13H20N4/c1-8-5-12(14)16-13(15-8)9-6-10-3-4-11(7-9)17(10)2/h5,9-11H,3-4,6-7H2,1-2H3,(H2,14,15,16). The second kappa shape index (κ2) is 3.95. The highest BCUT2D eigenvalue weighted by atomic mass is 15.2. The van der Waals surface area contributed by atoms with Gasteiger partial charge in [-0.3, -0.25) is 0 Å². The Morgan fingerprint density at radius 2 is 1.88 bits per heavy atom. The average Bonchev–Trinajstić information content (AvgIpc) is 2.51. The van der Waals surface area contributed by atoms with Crippen LogP contribution in [-0.4, -0.2) is 34.0 Å². The number of hydrogen-bond donors (Lipinski definition) is 1. The fourth-order valence-electron chi connectivity index (χ4n) is 3.42. The number of nitrogen functional groups attached to an aromatic ring is 1. The van der Waals surface area contributed by atoms with Gasteiger partial charge in [-0.1, -0.05) is 0 Å². The molecule has 0 amide bonds. The van der Waals surface area contributed by atoms with Crippen LogP contribution in [0.3, 0.4) is 0 Å². The van der Waals surface area contributed by atoms with Crippen LogP contribution in [-0.2, 0) is 0 Å². The molecule has 2 aliphatic heterocycles. The molecule has 2 aliphatic rings. The minimum absolute atomic E-state index is 0.505. The summed E-state index contributed by atoms with van der Waals surface area (Å²) in [7, 11) is 2.25. The third-order valence-corrected chi connectivity index (χ3v) is 4.35. The number of aromatic nitrogens is 2. The fourth-order valence-corrected chi connectivity index (χ4v) is 3.42. The molecule has 0 saturated carbocycles. The lowest BCUT2D eigenvalue weighted by atomic mass is 9.90. The monoisotopic (exact) mass is 232 g/mol. The Kier molecular flexibility index (Phi) is 2.54. The lowest BCUT2D eigenvalue weighted by Crippen LogP contribution is -2.39. The van der Waals surface area contributed by atoms with Gasteiger partial charge >= 0.3 is 0 Å². The molecule has 2 saturated heterocycles. The van der Waals surface area contributed by atoms with Crippen LogP contribution in [0.4, 0.5) is 5.82 Å². The third-order valence-electron chi connectivity index (χ3n) is 4.35. The van der Waals surface area contributed by atoms with Gasteiger partial charge in [-0.25, -0.2) is 9.97 Å². The summed E-state index contributed by atoms with van der Waals surface area (Å²) in [4.78, 5) is 11.5. The number of nitrogens with two attached hydrogens (primary N) is 1. The molecule has 0 spiro atoms. The van der Waals surface area contributed by atoms with E-state index in [9.17, 15) is 0 Å². The number of nitrogens with zero attached hydrogens (tertiary/aromatic N) is 3. The quantitative estimate of drug-likeness (QED) is 0.801. The maximum Gasteiger partial charge on any atom is 0.134 e. The molecule has 92 valence electrons. The van der Waals surface area contributed by atoms with E-state index in [2.05, 4.69) is 21.9 Å². The lowest BCUT2D eigenvalue weighted by molar-refractivity contribution is 0.159. The summed E-state index contributed by atoms with van der Waals surface area (Å²) >= 11 is 0. The van der Waals surface area contributed by atoms with Gasteiger partial charge in [-0.05, 0) is 39.7 Å². The van der Waals surface area contributed by atoms with Crippen molar-refractivity contribution >= 4 is 5.82 Å². The highest BCUT2D eigenvalue weighted by Crippen LogP contribution is 2.41. The zero-order valence-corrected chi connectivity index (χ0v) is 10.6. The van der Waals surface area contributed by atoms with Gasteiger partial charge in [0.2, 0.25) is 0 Å². The van der Waals surface area contributed by atoms with Gasteiger partial charge in [-0.15, -0.1) is 0 Å². The molecular weight excluding hydrogens is 212 g/mol. The molecule has 0 aliphatic carbocycles. The summed E-state index contributed by atoms with van der Waals surface area (Å²) in [6.45, 7) is 1.99. The SMILES string of the molecule is Cc1cc(N)nc(C2CC3CCC(C2)N3C)n1. The van der Waals surface area contributed by atoms with Crippen molar-refractivity contribution < 1.29 is 0 Å². The number of piperidine rings is 1. The van der Waals surface area contributed by atoms with Crippen LogP contribution in [0, 0.1) is 6.92 Å². The lowest BCUT2D eigenvalue weighted by Gasteiger charge is -2.35. The molecule has 0 radical (unpaired) electrons. The van der Waals surface area contributed by atoms with Crippen molar-refractivity contribution in [1.82, 2.24) is 14.9 Å². The van der Waals surface area contributed by atoms with Gasteiger partial charge in [0.1, 0.15) is 11.6 Å². The smallest absolute Gasteiger partial charge is 0.134 e. The minimum atomic E-state index is 0.505. The molecule has 2 unspecified atom stereocenters. The molecule has 17 heavy (non-hydrogen) atoms. The average molecular weight is 232 g/mol. The Morgan fingerprint density at radius 3 is 2.47 bits per heavy atom. The van der Waals surface area contributed by atoms with Crippen molar-refractivity contribution in [3.05, 3.63) is 17.6 Å². The molecular formula is C13H20N4. The van der Waals surface area contributed by atoms with Crippen molar-refractivity contribution in [2.75, 3.05) is 12.8 Å². The molecule has 2 atom stereocenters. The van der Waals surface area contributed by atoms with Gasteiger partial charge in [0.25, 0.3) is 0 Å². The van der Waals surface area contributed by atoms with Gasteiger partial charge in [-0.2, -0.15) is 0 Å². The van der Waals surface area contributed by atoms with E-state index in [0.29, 0.717) is 11.7 Å². The number of fused-ring (bicyclic) bond motifs is 2. The Labute approximate surface area is 102 Å². The zero-order valence-electron chi connectivity index (χ0n) is 10.6. The summed E-state index contributed by atoms with van der Waals surface area (Å²) in [5, 5.41) is 0. The van der Waals surface area contributed by atoms with E-state index in [1.807, 2.05) is 13.0 Å². The van der Waals surface area contributed by atoms with Crippen LogP contribution in [0.25, 0.3) is 0 Å². The Morgan fingerprint density at radius 1 is 1.24 bits per heavy atom. The summed E-state index contributed by atoms with van der Waals surface area (Å²) in [6.07, 6.45) is 5.05. The maximum absolute atomic E-state index is 5.82. The largest absolute Gasteiger partial charge is 0.384 e. The fraction of sp³-hybridized carbons (Fsp3) is 0.692. The molecule has 1 aromatic rings. The molecule has 1 aromatic heterocycles. The Bertz CT molecular complexity index is 397. The molecule has 4 nitrogen and oxygen atoms in total. The van der Waals surface area contributed by atoms with Crippen LogP contribution in [0.2, 0.25) is 0 Å². The van der Waals surface area contributed by atoms with Crippen molar-refractivity contribution in [2.24, 2.45) is 0 Å². The van der Waals surface area contributed by atoms with E-state index in [0.717, 1.165) is 23.6 Å². The molecule has 0 aromatic carbocycles. The zero-order chi connectivity index (χ0) is 12.0. The first-order valence-corrected chi connectivity index (χ1v) is 6.46. The highest BCUT2D eigenvalue weighted by molar-refractivity contribution is 5.30. The molecule has 3 rings (SSSR count). The molecule has 3 heterocycles. The van der Waals surface area contributed by atoms with Crippen molar-refractivity contribution in [1.29, 1.82) is 0 Å². The van der Waals surface area contributed by atoms with Crippen molar-refractivity contribution in [3.8, 4) is 0 Å². The molecule has 2 bridgehead atoms. The first kappa shape index (κ1) is 11.0. The number of hydrogen-bond acceptors (Lipinski definition) is 4. The number of aryl methyl sites for hydroxylation is 1. The molecule has 4 heteroatoms. The van der Waals surface area contributed by atoms with E-state index in [4.69, 9.17) is 5.73 Å². The van der Waals surface area contributed by atoms with Gasteiger partial charge in [0, 0.05) is 29.8 Å². The van der Waals surface area contributed by atoms with Gasteiger partial charge < -0.3 is 10.6 Å². The highest BCUT2D eigenvalue weighted by Gasteiger charge is 2.39. The van der Waals surface area contributed by atoms with Crippen LogP contribution >= 0.6 is 0 Å². The normalized spacial score (nSPS) is 32.9. The topological polar surface area (TPSA) is 55.0 Å². The first-order chi connectivity index (χ1) is 8.13. The first-order valence-electron chi connectivity index (χ1n) is 6.46. The second-order valence-electron chi connectivity index (χ2n) is 5.51. The Balaban J connectivity index is 1.86. The third kappa shape index (κ3) is 1.90. The minimum Gasteiger partial charge on any atom is -0.384 e. The van der Waals surface area contributed by atoms with Gasteiger partial charge in [0.15, 0.2) is 0 Å².